The summed E-state index contributed by atoms with van der Waals surface area (Å²) < 4.78 is 19.6. The number of amides is 2. The van der Waals surface area contributed by atoms with Crippen LogP contribution < -0.4 is 10.2 Å². The molecule has 2 fully saturated rings. The normalized spacial score (nSPS) is 19.7. The number of carbonyl (C=O) groups excluding carboxylic acids is 3. The van der Waals surface area contributed by atoms with Gasteiger partial charge in [-0.25, -0.2) is 4.39 Å². The summed E-state index contributed by atoms with van der Waals surface area (Å²) in [5.74, 6) is -2.65. The van der Waals surface area contributed by atoms with E-state index in [1.54, 1.807) is 30.3 Å². The molecule has 2 atom stereocenters. The third-order valence-corrected chi connectivity index (χ3v) is 5.10. The van der Waals surface area contributed by atoms with Gasteiger partial charge in [-0.2, -0.15) is 0 Å². The first-order valence-electron chi connectivity index (χ1n) is 9.63. The van der Waals surface area contributed by atoms with Crippen molar-refractivity contribution in [3.8, 4) is 0 Å². The van der Waals surface area contributed by atoms with Crippen LogP contribution in [0.1, 0.15) is 30.9 Å². The van der Waals surface area contributed by atoms with Crippen molar-refractivity contribution in [2.45, 2.75) is 31.4 Å². The van der Waals surface area contributed by atoms with Gasteiger partial charge in [0.15, 0.2) is 0 Å². The van der Waals surface area contributed by atoms with Gasteiger partial charge in [0, 0.05) is 24.6 Å². The number of ether oxygens (including phenoxy) is 1. The molecule has 0 radical (unpaired) electrons. The Kier molecular flexibility index (Phi) is 5.29. The zero-order chi connectivity index (χ0) is 20.4. The molecule has 150 valence electrons. The summed E-state index contributed by atoms with van der Waals surface area (Å²) >= 11 is 0. The van der Waals surface area contributed by atoms with Crippen molar-refractivity contribution in [2.75, 3.05) is 11.4 Å². The number of hydrogen-bond acceptors (Lipinski definition) is 4. The van der Waals surface area contributed by atoms with E-state index >= 15 is 0 Å². The molecule has 4 rings (SSSR count). The van der Waals surface area contributed by atoms with Crippen LogP contribution in [0, 0.1) is 11.7 Å². The predicted octanol–water partition coefficient (Wildman–Crippen LogP) is 2.74. The largest absolute Gasteiger partial charge is 0.447 e. The molecule has 0 bridgehead atoms. The van der Waals surface area contributed by atoms with Crippen LogP contribution in [0.4, 0.5) is 10.1 Å². The molecule has 2 amide bonds. The minimum atomic E-state index is -1.08. The van der Waals surface area contributed by atoms with Crippen molar-refractivity contribution in [3.63, 3.8) is 0 Å². The summed E-state index contributed by atoms with van der Waals surface area (Å²) in [4.78, 5) is 39.0. The van der Waals surface area contributed by atoms with Crippen LogP contribution in [0.2, 0.25) is 0 Å². The Morgan fingerprint density at radius 2 is 1.76 bits per heavy atom. The SMILES string of the molecule is O=C(O[C@@H](C(=O)NC1CC1)c1ccccc1)[C@H]1CC(=O)N(c2ccccc2F)C1. The van der Waals surface area contributed by atoms with Gasteiger partial charge in [-0.1, -0.05) is 42.5 Å². The van der Waals surface area contributed by atoms with Gasteiger partial charge in [-0.15, -0.1) is 0 Å². The monoisotopic (exact) mass is 396 g/mol. The molecule has 7 heteroatoms. The maximum absolute atomic E-state index is 14.0. The molecule has 1 heterocycles. The van der Waals surface area contributed by atoms with Gasteiger partial charge in [0.2, 0.25) is 12.0 Å². The molecule has 2 aromatic carbocycles. The fraction of sp³-hybridized carbons (Fsp3) is 0.318. The van der Waals surface area contributed by atoms with Gasteiger partial charge in [0.05, 0.1) is 11.6 Å². The van der Waals surface area contributed by atoms with Crippen LogP contribution in [-0.2, 0) is 19.1 Å². The molecule has 2 aliphatic rings. The minimum absolute atomic E-state index is 0.0182. The highest BCUT2D eigenvalue weighted by atomic mass is 19.1. The molecule has 6 nitrogen and oxygen atoms in total. The average molecular weight is 396 g/mol. The summed E-state index contributed by atoms with van der Waals surface area (Å²) in [7, 11) is 0. The average Bonchev–Trinajstić information content (AvgIpc) is 3.46. The summed E-state index contributed by atoms with van der Waals surface area (Å²) in [5, 5.41) is 2.86. The molecule has 1 N–H and O–H groups in total. The highest BCUT2D eigenvalue weighted by Crippen LogP contribution is 2.30. The second kappa shape index (κ2) is 8.03. The van der Waals surface area contributed by atoms with Crippen molar-refractivity contribution in [3.05, 3.63) is 66.0 Å². The zero-order valence-electron chi connectivity index (χ0n) is 15.7. The molecule has 1 aliphatic carbocycles. The van der Waals surface area contributed by atoms with Crippen LogP contribution in [0.5, 0.6) is 0 Å². The quantitative estimate of drug-likeness (QED) is 0.762. The zero-order valence-corrected chi connectivity index (χ0v) is 15.7. The van der Waals surface area contributed by atoms with Crippen molar-refractivity contribution in [1.82, 2.24) is 5.32 Å². The first kappa shape index (κ1) is 19.1. The van der Waals surface area contributed by atoms with Gasteiger partial charge in [0.25, 0.3) is 5.91 Å². The first-order valence-corrected chi connectivity index (χ1v) is 9.63. The van der Waals surface area contributed by atoms with Crippen LogP contribution in [-0.4, -0.2) is 30.4 Å². The lowest BCUT2D eigenvalue weighted by Crippen LogP contribution is -2.35. The van der Waals surface area contributed by atoms with Crippen LogP contribution in [0.3, 0.4) is 0 Å². The van der Waals surface area contributed by atoms with Gasteiger partial charge in [-0.3, -0.25) is 14.4 Å². The van der Waals surface area contributed by atoms with Crippen molar-refractivity contribution < 1.29 is 23.5 Å². The minimum Gasteiger partial charge on any atom is -0.447 e. The highest BCUT2D eigenvalue weighted by molar-refractivity contribution is 6.00. The van der Waals surface area contributed by atoms with E-state index in [1.165, 1.54) is 23.1 Å². The second-order valence-electron chi connectivity index (χ2n) is 7.37. The molecule has 0 unspecified atom stereocenters. The number of anilines is 1. The standard InChI is InChI=1S/C22H21FN2O4/c23-17-8-4-5-9-18(17)25-13-15(12-19(25)26)22(28)29-20(14-6-2-1-3-7-14)21(27)24-16-10-11-16/h1-9,15-16,20H,10-13H2,(H,24,27)/t15-,20+/m0/s1. The summed E-state index contributed by atoms with van der Waals surface area (Å²) in [6.07, 6.45) is 0.659. The lowest BCUT2D eigenvalue weighted by molar-refractivity contribution is -0.160. The summed E-state index contributed by atoms with van der Waals surface area (Å²) in [6, 6.07) is 14.8. The molecule has 1 saturated heterocycles. The van der Waals surface area contributed by atoms with E-state index in [0.29, 0.717) is 5.56 Å². The molecule has 1 aliphatic heterocycles. The Hall–Kier alpha value is -3.22. The van der Waals surface area contributed by atoms with Crippen molar-refractivity contribution in [1.29, 1.82) is 0 Å². The number of nitrogens with zero attached hydrogens (tertiary/aromatic N) is 1. The smallest absolute Gasteiger partial charge is 0.312 e. The Labute approximate surface area is 167 Å². The third kappa shape index (κ3) is 4.29. The lowest BCUT2D eigenvalue weighted by atomic mass is 10.1. The molecular formula is C22H21FN2O4. The van der Waals surface area contributed by atoms with Crippen molar-refractivity contribution >= 4 is 23.5 Å². The molecule has 2 aromatic rings. The predicted molar refractivity (Wildman–Crippen MR) is 103 cm³/mol. The van der Waals surface area contributed by atoms with E-state index in [-0.39, 0.29) is 36.5 Å². The Morgan fingerprint density at radius 3 is 2.45 bits per heavy atom. The second-order valence-corrected chi connectivity index (χ2v) is 7.37. The summed E-state index contributed by atoms with van der Waals surface area (Å²) in [5.41, 5.74) is 0.702. The number of rotatable bonds is 6. The van der Waals surface area contributed by atoms with E-state index in [1.807, 2.05) is 6.07 Å². The number of carbonyl (C=O) groups is 3. The van der Waals surface area contributed by atoms with Gasteiger partial charge in [-0.05, 0) is 25.0 Å². The maximum Gasteiger partial charge on any atom is 0.312 e. The molecule has 0 spiro atoms. The highest BCUT2D eigenvalue weighted by Gasteiger charge is 2.39. The van der Waals surface area contributed by atoms with Crippen LogP contribution in [0.25, 0.3) is 0 Å². The van der Waals surface area contributed by atoms with E-state index in [9.17, 15) is 18.8 Å². The van der Waals surface area contributed by atoms with Gasteiger partial charge in [0.1, 0.15) is 5.82 Å². The van der Waals surface area contributed by atoms with Gasteiger partial charge < -0.3 is 15.0 Å². The maximum atomic E-state index is 14.0. The Bertz CT molecular complexity index is 929. The fourth-order valence-electron chi connectivity index (χ4n) is 3.39. The number of para-hydroxylation sites is 1. The van der Waals surface area contributed by atoms with E-state index < -0.39 is 23.8 Å². The number of esters is 1. The van der Waals surface area contributed by atoms with Crippen LogP contribution in [0.15, 0.2) is 54.6 Å². The number of hydrogen-bond donors (Lipinski definition) is 1. The number of halogens is 1. The van der Waals surface area contributed by atoms with E-state index in [2.05, 4.69) is 5.32 Å². The number of benzene rings is 2. The molecule has 29 heavy (non-hydrogen) atoms. The fourth-order valence-corrected chi connectivity index (χ4v) is 3.39. The summed E-state index contributed by atoms with van der Waals surface area (Å²) in [6.45, 7) is 0.0182. The third-order valence-electron chi connectivity index (χ3n) is 5.10. The molecule has 0 aromatic heterocycles. The Balaban J connectivity index is 1.48. The van der Waals surface area contributed by atoms with E-state index in [0.717, 1.165) is 12.8 Å². The van der Waals surface area contributed by atoms with Crippen LogP contribution >= 0.6 is 0 Å². The van der Waals surface area contributed by atoms with E-state index in [4.69, 9.17) is 4.74 Å². The van der Waals surface area contributed by atoms with Gasteiger partial charge >= 0.3 is 5.97 Å². The Morgan fingerprint density at radius 1 is 1.07 bits per heavy atom. The molecular weight excluding hydrogens is 375 g/mol. The first-order chi connectivity index (χ1) is 14.0. The number of nitrogens with one attached hydrogen (secondary N) is 1. The molecule has 1 saturated carbocycles. The topological polar surface area (TPSA) is 75.7 Å². The van der Waals surface area contributed by atoms with Crippen molar-refractivity contribution in [2.24, 2.45) is 5.92 Å². The lowest BCUT2D eigenvalue weighted by Gasteiger charge is -2.20.